The second kappa shape index (κ2) is 11.1. The van der Waals surface area contributed by atoms with Crippen molar-refractivity contribution in [1.29, 1.82) is 0 Å². The van der Waals surface area contributed by atoms with Crippen LogP contribution in [0.15, 0.2) is 36.4 Å². The number of phenols is 1. The van der Waals surface area contributed by atoms with E-state index in [1.807, 2.05) is 0 Å². The molecule has 0 bridgehead atoms. The first kappa shape index (κ1) is 24.5. The Morgan fingerprint density at radius 3 is 1.79 bits per heavy atom. The van der Waals surface area contributed by atoms with Crippen molar-refractivity contribution in [2.45, 2.75) is 45.1 Å². The number of halogens is 2. The molecule has 0 amide bonds. The third-order valence-electron chi connectivity index (χ3n) is 5.55. The zero-order valence-electron chi connectivity index (χ0n) is 18.7. The largest absolute Gasteiger partial charge is 0.507 e. The standard InChI is InChI=1S/C13H14F2O3.C12H14O3/c1-17-10-3-2-4-11(18-13(14)15)12(10)9(16)7-8-5-6-8;1-15-11-4-2-3-9(13)12(11)10(14)7-8-5-6-8/h2-4,8,13H,5-7H2,1H3;2-4,8,13H,5-7H2,1H3. The maximum absolute atomic E-state index is 12.3. The van der Waals surface area contributed by atoms with Crippen LogP contribution in [0.25, 0.3) is 0 Å². The van der Waals surface area contributed by atoms with Crippen LogP contribution in [0.3, 0.4) is 0 Å². The Morgan fingerprint density at radius 1 is 0.848 bits per heavy atom. The molecule has 0 heterocycles. The highest BCUT2D eigenvalue weighted by Gasteiger charge is 2.29. The van der Waals surface area contributed by atoms with Crippen LogP contribution in [0.1, 0.15) is 59.2 Å². The zero-order chi connectivity index (χ0) is 24.0. The second-order valence-corrected chi connectivity index (χ2v) is 8.21. The van der Waals surface area contributed by atoms with Crippen LogP contribution in [0.2, 0.25) is 0 Å². The number of benzene rings is 2. The summed E-state index contributed by atoms with van der Waals surface area (Å²) in [6.45, 7) is -2.95. The normalized spacial score (nSPS) is 14.8. The van der Waals surface area contributed by atoms with Gasteiger partial charge in [0.15, 0.2) is 11.6 Å². The number of hydrogen-bond acceptors (Lipinski definition) is 6. The Balaban J connectivity index is 0.000000189. The smallest absolute Gasteiger partial charge is 0.387 e. The summed E-state index contributed by atoms with van der Waals surface area (Å²) in [5.41, 5.74) is 0.444. The van der Waals surface area contributed by atoms with Gasteiger partial charge in [-0.1, -0.05) is 12.1 Å². The molecule has 2 fully saturated rings. The molecule has 6 nitrogen and oxygen atoms in total. The molecule has 2 aliphatic rings. The summed E-state index contributed by atoms with van der Waals surface area (Å²) in [6, 6.07) is 9.32. The van der Waals surface area contributed by atoms with Gasteiger partial charge in [-0.3, -0.25) is 9.59 Å². The van der Waals surface area contributed by atoms with Gasteiger partial charge in [0.25, 0.3) is 0 Å². The Hall–Kier alpha value is -3.16. The van der Waals surface area contributed by atoms with Gasteiger partial charge in [0.05, 0.1) is 14.2 Å². The van der Waals surface area contributed by atoms with Crippen LogP contribution in [0, 0.1) is 11.8 Å². The van der Waals surface area contributed by atoms with E-state index >= 15 is 0 Å². The summed E-state index contributed by atoms with van der Waals surface area (Å²) in [5, 5.41) is 9.63. The number of hydrogen-bond donors (Lipinski definition) is 1. The van der Waals surface area contributed by atoms with Crippen molar-refractivity contribution in [3.63, 3.8) is 0 Å². The van der Waals surface area contributed by atoms with E-state index in [0.717, 1.165) is 25.7 Å². The van der Waals surface area contributed by atoms with E-state index in [1.165, 1.54) is 32.4 Å². The molecule has 0 unspecified atom stereocenters. The van der Waals surface area contributed by atoms with Crippen molar-refractivity contribution < 1.29 is 37.7 Å². The Morgan fingerprint density at radius 2 is 1.30 bits per heavy atom. The summed E-state index contributed by atoms with van der Waals surface area (Å²) >= 11 is 0. The maximum Gasteiger partial charge on any atom is 0.387 e. The summed E-state index contributed by atoms with van der Waals surface area (Å²) < 4.78 is 39.1. The first-order chi connectivity index (χ1) is 15.8. The fraction of sp³-hybridized carbons (Fsp3) is 0.440. The molecule has 33 heavy (non-hydrogen) atoms. The zero-order valence-corrected chi connectivity index (χ0v) is 18.7. The van der Waals surface area contributed by atoms with Gasteiger partial charge in [0.2, 0.25) is 0 Å². The van der Waals surface area contributed by atoms with E-state index in [0.29, 0.717) is 36.0 Å². The van der Waals surface area contributed by atoms with Gasteiger partial charge in [-0.15, -0.1) is 0 Å². The number of rotatable bonds is 10. The molecular formula is C25H28F2O6. The maximum atomic E-state index is 12.3. The monoisotopic (exact) mass is 462 g/mol. The lowest BCUT2D eigenvalue weighted by atomic mass is 10.0. The summed E-state index contributed by atoms with van der Waals surface area (Å²) in [7, 11) is 2.90. The van der Waals surface area contributed by atoms with Gasteiger partial charge in [0.1, 0.15) is 34.1 Å². The van der Waals surface area contributed by atoms with Gasteiger partial charge in [0, 0.05) is 12.8 Å². The van der Waals surface area contributed by atoms with E-state index in [4.69, 9.17) is 9.47 Å². The minimum Gasteiger partial charge on any atom is -0.507 e. The number of methoxy groups -OCH3 is 2. The number of ether oxygens (including phenoxy) is 3. The van der Waals surface area contributed by atoms with Crippen LogP contribution < -0.4 is 14.2 Å². The minimum absolute atomic E-state index is 0.0139. The molecule has 0 atom stereocenters. The van der Waals surface area contributed by atoms with Gasteiger partial charge in [-0.2, -0.15) is 8.78 Å². The molecular weight excluding hydrogens is 434 g/mol. The number of aromatic hydroxyl groups is 1. The quantitative estimate of drug-likeness (QED) is 0.459. The van der Waals surface area contributed by atoms with Crippen molar-refractivity contribution in [2.24, 2.45) is 11.8 Å². The summed E-state index contributed by atoms with van der Waals surface area (Å²) in [6.07, 6.45) is 5.18. The van der Waals surface area contributed by atoms with E-state index in [9.17, 15) is 23.5 Å². The van der Waals surface area contributed by atoms with Crippen LogP contribution in [0.5, 0.6) is 23.0 Å². The molecule has 178 valence electrons. The molecule has 0 spiro atoms. The molecule has 1 N–H and O–H groups in total. The van der Waals surface area contributed by atoms with E-state index < -0.39 is 6.61 Å². The molecule has 4 rings (SSSR count). The van der Waals surface area contributed by atoms with Crippen LogP contribution in [0.4, 0.5) is 8.78 Å². The Labute approximate surface area is 191 Å². The van der Waals surface area contributed by atoms with E-state index in [-0.39, 0.29) is 34.4 Å². The number of Topliss-reactive ketones (excluding diaryl/α,β-unsaturated/α-hetero) is 2. The second-order valence-electron chi connectivity index (χ2n) is 8.21. The van der Waals surface area contributed by atoms with Gasteiger partial charge in [-0.05, 0) is 61.8 Å². The van der Waals surface area contributed by atoms with E-state index in [1.54, 1.807) is 18.2 Å². The predicted octanol–water partition coefficient (Wildman–Crippen LogP) is 5.66. The lowest BCUT2D eigenvalue weighted by Gasteiger charge is -2.13. The molecule has 2 aromatic rings. The molecule has 2 aliphatic carbocycles. The minimum atomic E-state index is -2.95. The highest BCUT2D eigenvalue weighted by molar-refractivity contribution is 6.02. The first-order valence-corrected chi connectivity index (χ1v) is 10.9. The van der Waals surface area contributed by atoms with Crippen LogP contribution in [-0.2, 0) is 0 Å². The first-order valence-electron chi connectivity index (χ1n) is 10.9. The number of alkyl halides is 2. The number of carbonyl (C=O) groups excluding carboxylic acids is 2. The summed E-state index contributed by atoms with van der Waals surface area (Å²) in [5.74, 6) is 1.30. The van der Waals surface area contributed by atoms with Gasteiger partial charge < -0.3 is 19.3 Å². The predicted molar refractivity (Wildman–Crippen MR) is 118 cm³/mol. The number of carbonyl (C=O) groups is 2. The molecule has 0 radical (unpaired) electrons. The molecule has 2 saturated carbocycles. The van der Waals surface area contributed by atoms with Crippen molar-refractivity contribution in [2.75, 3.05) is 14.2 Å². The van der Waals surface area contributed by atoms with Gasteiger partial charge >= 0.3 is 6.61 Å². The third kappa shape index (κ3) is 6.91. The highest BCUT2D eigenvalue weighted by Crippen LogP contribution is 2.38. The van der Waals surface area contributed by atoms with Crippen LogP contribution in [-0.4, -0.2) is 37.5 Å². The molecule has 2 aromatic carbocycles. The topological polar surface area (TPSA) is 82.1 Å². The number of ketones is 2. The fourth-order valence-electron chi connectivity index (χ4n) is 3.49. The fourth-order valence-corrected chi connectivity index (χ4v) is 3.49. The van der Waals surface area contributed by atoms with Crippen LogP contribution >= 0.6 is 0 Å². The lowest BCUT2D eigenvalue weighted by Crippen LogP contribution is -2.10. The third-order valence-corrected chi connectivity index (χ3v) is 5.55. The Kier molecular flexibility index (Phi) is 8.25. The SMILES string of the molecule is COc1cccc(O)c1C(=O)CC1CC1.COc1cccc(OC(F)F)c1C(=O)CC1CC1. The van der Waals surface area contributed by atoms with Crippen molar-refractivity contribution >= 4 is 11.6 Å². The average molecular weight is 462 g/mol. The van der Waals surface area contributed by atoms with Crippen molar-refractivity contribution in [3.05, 3.63) is 47.5 Å². The molecule has 0 aromatic heterocycles. The average Bonchev–Trinajstić information content (AvgIpc) is 3.70. The summed E-state index contributed by atoms with van der Waals surface area (Å²) in [4.78, 5) is 23.9. The lowest BCUT2D eigenvalue weighted by molar-refractivity contribution is -0.0502. The highest BCUT2D eigenvalue weighted by atomic mass is 19.3. The van der Waals surface area contributed by atoms with Crippen molar-refractivity contribution in [1.82, 2.24) is 0 Å². The molecule has 0 saturated heterocycles. The van der Waals surface area contributed by atoms with E-state index in [2.05, 4.69) is 4.74 Å². The molecule has 0 aliphatic heterocycles. The van der Waals surface area contributed by atoms with Crippen molar-refractivity contribution in [3.8, 4) is 23.0 Å². The van der Waals surface area contributed by atoms with Gasteiger partial charge in [-0.25, -0.2) is 0 Å². The number of phenolic OH excluding ortho intramolecular Hbond substituents is 1. The Bertz CT molecular complexity index is 983. The molecule has 8 heteroatoms.